The Bertz CT molecular complexity index is 268. The molecule has 0 aromatic rings. The van der Waals surface area contributed by atoms with Crippen molar-refractivity contribution in [3.05, 3.63) is 0 Å². The Morgan fingerprint density at radius 1 is 1.71 bits per heavy atom. The molecule has 1 rings (SSSR count). The lowest BCUT2D eigenvalue weighted by atomic mass is 9.93. The van der Waals surface area contributed by atoms with Gasteiger partial charge in [0.05, 0.1) is 18.7 Å². The minimum atomic E-state index is -0.974. The molecule has 78 valence electrons. The highest BCUT2D eigenvalue weighted by Gasteiger charge is 2.37. The first-order chi connectivity index (χ1) is 6.53. The standard InChI is InChI=1S/C10H16N2O2/c1-10(2,7-11)9(14)12-5-3-4-8(12)6-13/h8,13H,3-6H2,1-2H3. The normalized spacial score (nSPS) is 22.1. The predicted octanol–water partition coefficient (Wildman–Crippen LogP) is 0.519. The smallest absolute Gasteiger partial charge is 0.242 e. The lowest BCUT2D eigenvalue weighted by molar-refractivity contribution is -0.139. The van der Waals surface area contributed by atoms with E-state index in [-0.39, 0.29) is 18.6 Å². The maximum absolute atomic E-state index is 11.9. The first-order valence-corrected chi connectivity index (χ1v) is 4.86. The number of hydrogen-bond acceptors (Lipinski definition) is 3. The number of likely N-dealkylation sites (tertiary alicyclic amines) is 1. The third-order valence-corrected chi connectivity index (χ3v) is 2.66. The van der Waals surface area contributed by atoms with Gasteiger partial charge in [-0.1, -0.05) is 0 Å². The van der Waals surface area contributed by atoms with Gasteiger partial charge in [0.25, 0.3) is 0 Å². The molecule has 0 spiro atoms. The van der Waals surface area contributed by atoms with Crippen molar-refractivity contribution in [3.8, 4) is 6.07 Å². The molecule has 1 atom stereocenters. The zero-order valence-corrected chi connectivity index (χ0v) is 8.66. The fraction of sp³-hybridized carbons (Fsp3) is 0.800. The monoisotopic (exact) mass is 196 g/mol. The van der Waals surface area contributed by atoms with Crippen LogP contribution in [0.15, 0.2) is 0 Å². The molecule has 0 aromatic carbocycles. The van der Waals surface area contributed by atoms with Crippen LogP contribution in [-0.2, 0) is 4.79 Å². The number of nitriles is 1. The van der Waals surface area contributed by atoms with E-state index in [1.54, 1.807) is 18.7 Å². The van der Waals surface area contributed by atoms with E-state index in [2.05, 4.69) is 0 Å². The van der Waals surface area contributed by atoms with Crippen LogP contribution in [0.25, 0.3) is 0 Å². The second-order valence-corrected chi connectivity index (χ2v) is 4.21. The van der Waals surface area contributed by atoms with E-state index in [0.717, 1.165) is 12.8 Å². The van der Waals surface area contributed by atoms with Crippen molar-refractivity contribution in [2.24, 2.45) is 5.41 Å². The summed E-state index contributed by atoms with van der Waals surface area (Å²) in [7, 11) is 0. The molecule has 1 saturated heterocycles. The molecule has 4 nitrogen and oxygen atoms in total. The average Bonchev–Trinajstić information content (AvgIpc) is 2.64. The third-order valence-electron chi connectivity index (χ3n) is 2.66. The molecule has 4 heteroatoms. The Balaban J connectivity index is 2.75. The van der Waals surface area contributed by atoms with Crippen molar-refractivity contribution in [2.45, 2.75) is 32.7 Å². The Labute approximate surface area is 84.1 Å². The van der Waals surface area contributed by atoms with E-state index in [0.29, 0.717) is 6.54 Å². The van der Waals surface area contributed by atoms with Crippen molar-refractivity contribution in [3.63, 3.8) is 0 Å². The minimum Gasteiger partial charge on any atom is -0.394 e. The molecule has 0 saturated carbocycles. The quantitative estimate of drug-likeness (QED) is 0.700. The Kier molecular flexibility index (Phi) is 3.12. The molecule has 0 aliphatic carbocycles. The van der Waals surface area contributed by atoms with E-state index >= 15 is 0 Å². The summed E-state index contributed by atoms with van der Waals surface area (Å²) in [6.45, 7) is 3.88. The summed E-state index contributed by atoms with van der Waals surface area (Å²) >= 11 is 0. The van der Waals surface area contributed by atoms with Crippen molar-refractivity contribution < 1.29 is 9.90 Å². The molecule has 0 bridgehead atoms. The maximum Gasteiger partial charge on any atom is 0.242 e. The number of aliphatic hydroxyl groups is 1. The Hall–Kier alpha value is -1.08. The van der Waals surface area contributed by atoms with E-state index < -0.39 is 5.41 Å². The van der Waals surface area contributed by atoms with Gasteiger partial charge in [0, 0.05) is 6.54 Å². The summed E-state index contributed by atoms with van der Waals surface area (Å²) in [6, 6.07) is 1.90. The number of carbonyl (C=O) groups excluding carboxylic acids is 1. The van der Waals surface area contributed by atoms with Gasteiger partial charge in [0.2, 0.25) is 5.91 Å². The summed E-state index contributed by atoms with van der Waals surface area (Å²) in [4.78, 5) is 13.5. The predicted molar refractivity (Wildman–Crippen MR) is 51.2 cm³/mol. The van der Waals surface area contributed by atoms with Crippen LogP contribution in [0, 0.1) is 16.7 Å². The van der Waals surface area contributed by atoms with E-state index in [1.165, 1.54) is 0 Å². The Morgan fingerprint density at radius 3 is 2.86 bits per heavy atom. The van der Waals surface area contributed by atoms with Crippen LogP contribution in [0.4, 0.5) is 0 Å². The molecule has 1 amide bonds. The maximum atomic E-state index is 11.9. The second kappa shape index (κ2) is 3.97. The Morgan fingerprint density at radius 2 is 2.36 bits per heavy atom. The van der Waals surface area contributed by atoms with Crippen molar-refractivity contribution in [1.29, 1.82) is 5.26 Å². The SMILES string of the molecule is CC(C)(C#N)C(=O)N1CCCC1CO. The van der Waals surface area contributed by atoms with Gasteiger partial charge in [-0.05, 0) is 26.7 Å². The zero-order valence-electron chi connectivity index (χ0n) is 8.66. The molecule has 1 aliphatic rings. The number of hydrogen-bond donors (Lipinski definition) is 1. The largest absolute Gasteiger partial charge is 0.394 e. The van der Waals surface area contributed by atoms with Gasteiger partial charge in [-0.15, -0.1) is 0 Å². The molecule has 1 N–H and O–H groups in total. The molecule has 0 aromatic heterocycles. The summed E-state index contributed by atoms with van der Waals surface area (Å²) in [5.41, 5.74) is -0.974. The molecular formula is C10H16N2O2. The van der Waals surface area contributed by atoms with Crippen LogP contribution in [0.1, 0.15) is 26.7 Å². The van der Waals surface area contributed by atoms with Crippen LogP contribution in [0.5, 0.6) is 0 Å². The second-order valence-electron chi connectivity index (χ2n) is 4.21. The minimum absolute atomic E-state index is 0.00670. The van der Waals surface area contributed by atoms with Gasteiger partial charge in [0.15, 0.2) is 0 Å². The third kappa shape index (κ3) is 1.88. The van der Waals surface area contributed by atoms with Gasteiger partial charge in [-0.2, -0.15) is 5.26 Å². The summed E-state index contributed by atoms with van der Waals surface area (Å²) in [5, 5.41) is 17.9. The molecular weight excluding hydrogens is 180 g/mol. The van der Waals surface area contributed by atoms with Gasteiger partial charge in [0.1, 0.15) is 5.41 Å². The number of carbonyl (C=O) groups is 1. The van der Waals surface area contributed by atoms with E-state index in [4.69, 9.17) is 10.4 Å². The lowest BCUT2D eigenvalue weighted by Crippen LogP contribution is -2.44. The van der Waals surface area contributed by atoms with Gasteiger partial charge in [-0.3, -0.25) is 4.79 Å². The summed E-state index contributed by atoms with van der Waals surface area (Å²) in [6.07, 6.45) is 1.75. The van der Waals surface area contributed by atoms with Crippen LogP contribution >= 0.6 is 0 Å². The summed E-state index contributed by atoms with van der Waals surface area (Å²) in [5.74, 6) is -0.170. The fourth-order valence-corrected chi connectivity index (χ4v) is 1.70. The highest BCUT2D eigenvalue weighted by Crippen LogP contribution is 2.24. The van der Waals surface area contributed by atoms with Gasteiger partial charge in [-0.25, -0.2) is 0 Å². The van der Waals surface area contributed by atoms with E-state index in [1.807, 2.05) is 6.07 Å². The van der Waals surface area contributed by atoms with Crippen LogP contribution in [0.2, 0.25) is 0 Å². The first kappa shape index (κ1) is 11.0. The number of rotatable bonds is 2. The average molecular weight is 196 g/mol. The number of aliphatic hydroxyl groups excluding tert-OH is 1. The van der Waals surface area contributed by atoms with Crippen LogP contribution < -0.4 is 0 Å². The number of amides is 1. The molecule has 1 aliphatic heterocycles. The molecule has 0 radical (unpaired) electrons. The van der Waals surface area contributed by atoms with E-state index in [9.17, 15) is 4.79 Å². The van der Waals surface area contributed by atoms with Crippen LogP contribution in [-0.4, -0.2) is 35.1 Å². The first-order valence-electron chi connectivity index (χ1n) is 4.86. The molecule has 1 heterocycles. The highest BCUT2D eigenvalue weighted by atomic mass is 16.3. The van der Waals surface area contributed by atoms with Gasteiger partial charge >= 0.3 is 0 Å². The molecule has 1 fully saturated rings. The zero-order chi connectivity index (χ0) is 10.8. The van der Waals surface area contributed by atoms with Gasteiger partial charge < -0.3 is 10.0 Å². The summed E-state index contributed by atoms with van der Waals surface area (Å²) < 4.78 is 0. The van der Waals surface area contributed by atoms with Crippen LogP contribution in [0.3, 0.4) is 0 Å². The van der Waals surface area contributed by atoms with Crippen molar-refractivity contribution in [2.75, 3.05) is 13.2 Å². The van der Waals surface area contributed by atoms with Crippen molar-refractivity contribution >= 4 is 5.91 Å². The van der Waals surface area contributed by atoms with Crippen molar-refractivity contribution in [1.82, 2.24) is 4.90 Å². The molecule has 1 unspecified atom stereocenters. The molecule has 14 heavy (non-hydrogen) atoms. The topological polar surface area (TPSA) is 64.3 Å². The highest BCUT2D eigenvalue weighted by molar-refractivity contribution is 5.85. The fourth-order valence-electron chi connectivity index (χ4n) is 1.70. The number of nitrogens with zero attached hydrogens (tertiary/aromatic N) is 2. The lowest BCUT2D eigenvalue weighted by Gasteiger charge is -2.28.